The van der Waals surface area contributed by atoms with E-state index in [4.69, 9.17) is 11.6 Å². The lowest BCUT2D eigenvalue weighted by Gasteiger charge is -2.13. The Balaban J connectivity index is 2.22. The molecule has 1 atom stereocenters. The second-order valence-electron chi connectivity index (χ2n) is 5.19. The molecule has 0 aliphatic rings. The Bertz CT molecular complexity index is 590. The van der Waals surface area contributed by atoms with E-state index in [9.17, 15) is 5.11 Å². The number of rotatable bonds is 6. The van der Waals surface area contributed by atoms with Crippen LogP contribution in [0, 0.1) is 0 Å². The third kappa shape index (κ3) is 3.47. The predicted octanol–water partition coefficient (Wildman–Crippen LogP) is 3.96. The maximum atomic E-state index is 10.5. The number of halogens is 1. The Hall–Kier alpha value is -1.32. The Morgan fingerprint density at radius 3 is 2.33 bits per heavy atom. The molecule has 0 bridgehead atoms. The minimum atomic E-state index is -0.555. The van der Waals surface area contributed by atoms with Crippen LogP contribution in [0.5, 0.6) is 0 Å². The molecule has 1 N–H and O–H groups in total. The van der Waals surface area contributed by atoms with Gasteiger partial charge < -0.3 is 5.11 Å². The van der Waals surface area contributed by atoms with Crippen LogP contribution in [0.25, 0.3) is 0 Å². The molecular weight excluding hydrogens is 284 g/mol. The summed E-state index contributed by atoms with van der Waals surface area (Å²) in [5.74, 6) is 0. The monoisotopic (exact) mass is 306 g/mol. The summed E-state index contributed by atoms with van der Waals surface area (Å²) in [5.41, 5.74) is 4.02. The summed E-state index contributed by atoms with van der Waals surface area (Å²) in [7, 11) is 0. The van der Waals surface area contributed by atoms with Crippen molar-refractivity contribution in [2.24, 2.45) is 0 Å². The Labute approximate surface area is 131 Å². The van der Waals surface area contributed by atoms with E-state index in [0.717, 1.165) is 36.3 Å². The van der Waals surface area contributed by atoms with Gasteiger partial charge in [0.15, 0.2) is 0 Å². The molecule has 0 saturated carbocycles. The summed E-state index contributed by atoms with van der Waals surface area (Å²) >= 11 is 6.39. The van der Waals surface area contributed by atoms with Gasteiger partial charge in [0.2, 0.25) is 0 Å². The van der Waals surface area contributed by atoms with Crippen LogP contribution in [0.1, 0.15) is 49.4 Å². The van der Waals surface area contributed by atoms with Crippen molar-refractivity contribution < 1.29 is 5.11 Å². The van der Waals surface area contributed by atoms with Crippen LogP contribution in [-0.2, 0) is 25.8 Å². The molecule has 1 heterocycles. The Kier molecular flexibility index (Phi) is 5.43. The van der Waals surface area contributed by atoms with Crippen LogP contribution in [0.4, 0.5) is 0 Å². The van der Waals surface area contributed by atoms with Crippen LogP contribution in [0.3, 0.4) is 0 Å². The van der Waals surface area contributed by atoms with Gasteiger partial charge in [0.05, 0.1) is 22.5 Å². The van der Waals surface area contributed by atoms with Crippen molar-refractivity contribution in [2.75, 3.05) is 0 Å². The number of benzene rings is 1. The molecule has 0 aliphatic carbocycles. The van der Waals surface area contributed by atoms with Crippen LogP contribution in [0.2, 0.25) is 5.02 Å². The zero-order valence-electron chi connectivity index (χ0n) is 12.9. The molecule has 21 heavy (non-hydrogen) atoms. The van der Waals surface area contributed by atoms with Gasteiger partial charge in [-0.2, -0.15) is 5.10 Å². The second-order valence-corrected chi connectivity index (χ2v) is 5.57. The Morgan fingerprint density at radius 1 is 1.14 bits per heavy atom. The van der Waals surface area contributed by atoms with Gasteiger partial charge in [0.25, 0.3) is 0 Å². The number of nitrogens with zero attached hydrogens (tertiary/aromatic N) is 2. The average Bonchev–Trinajstić information content (AvgIpc) is 2.83. The minimum Gasteiger partial charge on any atom is -0.388 e. The first kappa shape index (κ1) is 16.1. The molecule has 114 valence electrons. The van der Waals surface area contributed by atoms with Gasteiger partial charge in [0, 0.05) is 13.0 Å². The van der Waals surface area contributed by atoms with Crippen molar-refractivity contribution >= 4 is 11.6 Å². The number of hydrogen-bond donors (Lipinski definition) is 1. The van der Waals surface area contributed by atoms with E-state index in [1.165, 1.54) is 5.56 Å². The normalized spacial score (nSPS) is 12.6. The summed E-state index contributed by atoms with van der Waals surface area (Å²) < 4.78 is 1.89. The third-order valence-electron chi connectivity index (χ3n) is 3.85. The fraction of sp³-hybridized carbons (Fsp3) is 0.471. The SMILES string of the molecule is CCc1ccc(C(O)Cc2c(Cl)c(CC)nn2CC)cc1. The molecule has 3 nitrogen and oxygen atoms in total. The highest BCUT2D eigenvalue weighted by Crippen LogP contribution is 2.27. The molecule has 0 aliphatic heterocycles. The van der Waals surface area contributed by atoms with E-state index < -0.39 is 6.10 Å². The summed E-state index contributed by atoms with van der Waals surface area (Å²) in [6.07, 6.45) is 1.75. The number of hydrogen-bond acceptors (Lipinski definition) is 2. The van der Waals surface area contributed by atoms with Crippen LogP contribution in [-0.4, -0.2) is 14.9 Å². The summed E-state index contributed by atoms with van der Waals surface area (Å²) in [6, 6.07) is 8.11. The molecule has 2 rings (SSSR count). The van der Waals surface area contributed by atoms with Crippen molar-refractivity contribution in [2.45, 2.75) is 52.7 Å². The van der Waals surface area contributed by atoms with Crippen LogP contribution < -0.4 is 0 Å². The lowest BCUT2D eigenvalue weighted by Crippen LogP contribution is -2.09. The number of aromatic nitrogens is 2. The molecule has 0 fully saturated rings. The van der Waals surface area contributed by atoms with Crippen molar-refractivity contribution in [1.82, 2.24) is 9.78 Å². The van der Waals surface area contributed by atoms with Crippen molar-refractivity contribution in [3.63, 3.8) is 0 Å². The van der Waals surface area contributed by atoms with Crippen molar-refractivity contribution in [1.29, 1.82) is 0 Å². The third-order valence-corrected chi connectivity index (χ3v) is 4.29. The standard InChI is InChI=1S/C17H23ClN2O/c1-4-12-7-9-13(10-8-12)16(21)11-15-17(18)14(5-2)19-20(15)6-3/h7-10,16,21H,4-6,11H2,1-3H3. The van der Waals surface area contributed by atoms with E-state index in [2.05, 4.69) is 24.2 Å². The fourth-order valence-corrected chi connectivity index (χ4v) is 2.83. The van der Waals surface area contributed by atoms with Gasteiger partial charge in [-0.05, 0) is 30.9 Å². The highest BCUT2D eigenvalue weighted by Gasteiger charge is 2.18. The van der Waals surface area contributed by atoms with E-state index in [1.807, 2.05) is 30.7 Å². The molecule has 2 aromatic rings. The van der Waals surface area contributed by atoms with Gasteiger partial charge in [-0.3, -0.25) is 4.68 Å². The van der Waals surface area contributed by atoms with E-state index >= 15 is 0 Å². The first-order valence-electron chi connectivity index (χ1n) is 7.61. The maximum absolute atomic E-state index is 10.5. The molecule has 0 amide bonds. The summed E-state index contributed by atoms with van der Waals surface area (Å²) in [5, 5.41) is 15.7. The molecule has 1 aromatic heterocycles. The molecule has 1 unspecified atom stereocenters. The van der Waals surface area contributed by atoms with Gasteiger partial charge in [-0.1, -0.05) is 49.7 Å². The first-order chi connectivity index (χ1) is 10.1. The van der Waals surface area contributed by atoms with Crippen molar-refractivity contribution in [3.05, 3.63) is 51.8 Å². The van der Waals surface area contributed by atoms with Gasteiger partial charge >= 0.3 is 0 Å². The van der Waals surface area contributed by atoms with Crippen LogP contribution in [0.15, 0.2) is 24.3 Å². The van der Waals surface area contributed by atoms with Gasteiger partial charge in [0.1, 0.15) is 0 Å². The minimum absolute atomic E-state index is 0.491. The van der Waals surface area contributed by atoms with E-state index in [-0.39, 0.29) is 0 Å². The number of aliphatic hydroxyl groups excluding tert-OH is 1. The molecule has 0 spiro atoms. The van der Waals surface area contributed by atoms with Crippen molar-refractivity contribution in [3.8, 4) is 0 Å². The van der Waals surface area contributed by atoms with Gasteiger partial charge in [-0.15, -0.1) is 0 Å². The lowest BCUT2D eigenvalue weighted by molar-refractivity contribution is 0.175. The largest absolute Gasteiger partial charge is 0.388 e. The number of aliphatic hydroxyl groups is 1. The maximum Gasteiger partial charge on any atom is 0.0851 e. The second kappa shape index (κ2) is 7.10. The number of aryl methyl sites for hydroxylation is 3. The summed E-state index contributed by atoms with van der Waals surface area (Å²) in [6.45, 7) is 6.96. The average molecular weight is 307 g/mol. The first-order valence-corrected chi connectivity index (χ1v) is 7.99. The smallest absolute Gasteiger partial charge is 0.0851 e. The molecule has 0 saturated heterocycles. The molecule has 0 radical (unpaired) electrons. The topological polar surface area (TPSA) is 38.1 Å². The van der Waals surface area contributed by atoms with Gasteiger partial charge in [-0.25, -0.2) is 0 Å². The molecular formula is C17H23ClN2O. The fourth-order valence-electron chi connectivity index (χ4n) is 2.49. The van der Waals surface area contributed by atoms with E-state index in [1.54, 1.807) is 0 Å². The summed E-state index contributed by atoms with van der Waals surface area (Å²) in [4.78, 5) is 0. The lowest BCUT2D eigenvalue weighted by atomic mass is 10.0. The molecule has 4 heteroatoms. The van der Waals surface area contributed by atoms with E-state index in [0.29, 0.717) is 11.4 Å². The molecule has 1 aromatic carbocycles. The quantitative estimate of drug-likeness (QED) is 0.877. The predicted molar refractivity (Wildman–Crippen MR) is 86.8 cm³/mol. The Morgan fingerprint density at radius 2 is 1.81 bits per heavy atom. The zero-order valence-corrected chi connectivity index (χ0v) is 13.7. The zero-order chi connectivity index (χ0) is 15.4. The highest BCUT2D eigenvalue weighted by atomic mass is 35.5. The highest BCUT2D eigenvalue weighted by molar-refractivity contribution is 6.31. The van der Waals surface area contributed by atoms with Crippen LogP contribution >= 0.6 is 11.6 Å².